The van der Waals surface area contributed by atoms with Crippen LogP contribution in [0.1, 0.15) is 43.2 Å². The first-order chi connectivity index (χ1) is 21.6. The van der Waals surface area contributed by atoms with Crippen LogP contribution in [0.4, 0.5) is 28.6 Å². The molecule has 2 aromatic carbocycles. The Labute approximate surface area is 256 Å². The average Bonchev–Trinajstić information content (AvgIpc) is 3.49. The van der Waals surface area contributed by atoms with E-state index in [1.165, 1.54) is 30.6 Å². The van der Waals surface area contributed by atoms with Crippen molar-refractivity contribution in [2.24, 2.45) is 10.2 Å². The summed E-state index contributed by atoms with van der Waals surface area (Å²) in [6.45, 7) is 4.16. The van der Waals surface area contributed by atoms with E-state index in [0.29, 0.717) is 57.5 Å². The summed E-state index contributed by atoms with van der Waals surface area (Å²) in [5, 5.41) is 30.4. The quantitative estimate of drug-likeness (QED) is 0.0513. The van der Waals surface area contributed by atoms with Crippen molar-refractivity contribution >= 4 is 58.2 Å². The van der Waals surface area contributed by atoms with Crippen LogP contribution in [0.3, 0.4) is 0 Å². The predicted octanol–water partition coefficient (Wildman–Crippen LogP) is 3.39. The highest BCUT2D eigenvalue weighted by Crippen LogP contribution is 2.28. The van der Waals surface area contributed by atoms with Crippen LogP contribution < -0.4 is 27.0 Å². The van der Waals surface area contributed by atoms with Crippen LogP contribution in [0.15, 0.2) is 71.0 Å². The summed E-state index contributed by atoms with van der Waals surface area (Å²) in [6.07, 6.45) is 2.82. The Morgan fingerprint density at radius 1 is 1.09 bits per heavy atom. The molecule has 1 aliphatic heterocycles. The molecule has 0 aliphatic carbocycles. The number of para-hydroxylation sites is 2. The van der Waals surface area contributed by atoms with Gasteiger partial charge < -0.3 is 32.0 Å². The summed E-state index contributed by atoms with van der Waals surface area (Å²) in [5.74, 6) is -0.636. The second-order valence-electron chi connectivity index (χ2n) is 9.95. The third-order valence-corrected chi connectivity index (χ3v) is 6.93. The van der Waals surface area contributed by atoms with E-state index in [0.717, 1.165) is 0 Å². The molecule has 3 amide bonds. The van der Waals surface area contributed by atoms with E-state index in [4.69, 9.17) is 5.73 Å². The van der Waals surface area contributed by atoms with E-state index in [-0.39, 0.29) is 35.3 Å². The molecule has 0 spiro atoms. The van der Waals surface area contributed by atoms with Crippen molar-refractivity contribution in [3.05, 3.63) is 105 Å². The van der Waals surface area contributed by atoms with E-state index >= 15 is 0 Å². The van der Waals surface area contributed by atoms with Gasteiger partial charge in [0.05, 0.1) is 45.0 Å². The summed E-state index contributed by atoms with van der Waals surface area (Å²) < 4.78 is 0. The van der Waals surface area contributed by atoms with Gasteiger partial charge in [-0.2, -0.15) is 5.10 Å². The molecule has 0 unspecified atom stereocenters. The lowest BCUT2D eigenvalue weighted by Crippen LogP contribution is -2.29. The summed E-state index contributed by atoms with van der Waals surface area (Å²) in [6, 6.07) is 14.2. The number of aromatic nitrogens is 2. The number of carbonyl (C=O) groups excluding carboxylic acids is 3. The smallest absolute Gasteiger partial charge is 0.276 e. The molecule has 0 fully saturated rings. The molecule has 3 heterocycles. The third kappa shape index (κ3) is 6.67. The first kappa shape index (κ1) is 30.1. The topological polar surface area (TPSA) is 222 Å². The number of benzene rings is 2. The number of nitrogens with one attached hydrogen (secondary N) is 5. The molecule has 1 aliphatic rings. The Hall–Kier alpha value is -6.38. The molecule has 7 N–H and O–H groups in total. The maximum absolute atomic E-state index is 12.9. The fraction of sp³-hybridized carbons (Fsp3) is 0.133. The number of carbonyl (C=O) groups is 3. The number of nitro benzene ring substituents is 1. The molecule has 0 saturated carbocycles. The zero-order chi connectivity index (χ0) is 32.1. The van der Waals surface area contributed by atoms with Gasteiger partial charge in [-0.25, -0.2) is 4.98 Å². The van der Waals surface area contributed by atoms with Gasteiger partial charge in [-0.05, 0) is 49.7 Å². The third-order valence-electron chi connectivity index (χ3n) is 6.93. The second kappa shape index (κ2) is 12.9. The Bertz CT molecular complexity index is 1880. The molecule has 0 atom stereocenters. The van der Waals surface area contributed by atoms with Crippen molar-refractivity contribution in [3.8, 4) is 0 Å². The van der Waals surface area contributed by atoms with Gasteiger partial charge in [0.2, 0.25) is 0 Å². The van der Waals surface area contributed by atoms with Gasteiger partial charge in [0, 0.05) is 42.7 Å². The standard InChI is InChI=1S/C30H28N10O5/c1-16-24(15-35-39-27-20-13-19(40(44)45)8-9-22(20)37-30(27)43)36-17(2)26(16)29(42)33-12-11-32-25-10-7-18(14-34-25)28(41)38-23-6-4-3-5-21(23)31/h3-10,13-15,36H,11-12,31H2,1-2H3,(H,32,34)(H,33,42)(H,38,41)(H,37,39,43)/b35-15+. The number of rotatable bonds is 10. The Balaban J connectivity index is 1.15. The van der Waals surface area contributed by atoms with Gasteiger partial charge in [-0.3, -0.25) is 24.5 Å². The molecule has 15 nitrogen and oxygen atoms in total. The SMILES string of the molecule is Cc1[nH]c(/C=N/N=C2/C(=O)Nc3ccc([N+](=O)[O-])cc32)c(C)c1C(=O)NCCNc1ccc(C(=O)Nc2ccccc2N)cn1. The van der Waals surface area contributed by atoms with Crippen LogP contribution in [0.5, 0.6) is 0 Å². The van der Waals surface area contributed by atoms with Crippen molar-refractivity contribution in [2.75, 3.05) is 34.8 Å². The van der Waals surface area contributed by atoms with Crippen LogP contribution in [-0.4, -0.2) is 57.6 Å². The van der Waals surface area contributed by atoms with E-state index in [9.17, 15) is 24.5 Å². The van der Waals surface area contributed by atoms with Gasteiger partial charge in [0.1, 0.15) is 5.82 Å². The summed E-state index contributed by atoms with van der Waals surface area (Å²) in [7, 11) is 0. The summed E-state index contributed by atoms with van der Waals surface area (Å²) in [4.78, 5) is 55.7. The number of H-pyrrole nitrogens is 1. The highest BCUT2D eigenvalue weighted by Gasteiger charge is 2.28. The van der Waals surface area contributed by atoms with Crippen molar-refractivity contribution in [1.29, 1.82) is 0 Å². The molecule has 228 valence electrons. The fourth-order valence-corrected chi connectivity index (χ4v) is 4.64. The van der Waals surface area contributed by atoms with Crippen LogP contribution >= 0.6 is 0 Å². The molecule has 15 heteroatoms. The number of hydrogen-bond donors (Lipinski definition) is 6. The largest absolute Gasteiger partial charge is 0.397 e. The van der Waals surface area contributed by atoms with Gasteiger partial charge in [-0.1, -0.05) is 12.1 Å². The van der Waals surface area contributed by atoms with Crippen LogP contribution in [0.25, 0.3) is 0 Å². The monoisotopic (exact) mass is 608 g/mol. The molecule has 0 bridgehead atoms. The highest BCUT2D eigenvalue weighted by atomic mass is 16.6. The second-order valence-corrected chi connectivity index (χ2v) is 9.95. The van der Waals surface area contributed by atoms with Crippen molar-refractivity contribution < 1.29 is 19.3 Å². The first-order valence-corrected chi connectivity index (χ1v) is 13.7. The zero-order valence-corrected chi connectivity index (χ0v) is 24.2. The number of non-ortho nitro benzene ring substituents is 1. The number of anilines is 4. The maximum atomic E-state index is 12.9. The fourth-order valence-electron chi connectivity index (χ4n) is 4.64. The number of nitrogen functional groups attached to an aromatic ring is 1. The lowest BCUT2D eigenvalue weighted by Gasteiger charge is -2.10. The molecule has 0 radical (unpaired) electrons. The predicted molar refractivity (Wildman–Crippen MR) is 170 cm³/mol. The van der Waals surface area contributed by atoms with Crippen LogP contribution in [0, 0.1) is 24.0 Å². The average molecular weight is 609 g/mol. The van der Waals surface area contributed by atoms with E-state index in [1.54, 1.807) is 50.2 Å². The van der Waals surface area contributed by atoms with Crippen molar-refractivity contribution in [1.82, 2.24) is 15.3 Å². The van der Waals surface area contributed by atoms with Gasteiger partial charge in [-0.15, -0.1) is 5.10 Å². The summed E-state index contributed by atoms with van der Waals surface area (Å²) in [5.41, 5.74) is 9.86. The number of pyridine rings is 1. The highest BCUT2D eigenvalue weighted by molar-refractivity contribution is 6.53. The number of hydrogen-bond acceptors (Lipinski definition) is 10. The first-order valence-electron chi connectivity index (χ1n) is 13.7. The normalized spacial score (nSPS) is 13.0. The molecular weight excluding hydrogens is 580 g/mol. The minimum atomic E-state index is -0.557. The Morgan fingerprint density at radius 2 is 1.89 bits per heavy atom. The van der Waals surface area contributed by atoms with Gasteiger partial charge >= 0.3 is 0 Å². The lowest BCUT2D eigenvalue weighted by atomic mass is 10.1. The molecular formula is C30H28N10O5. The number of fused-ring (bicyclic) bond motifs is 1. The Kier molecular flexibility index (Phi) is 8.60. The van der Waals surface area contributed by atoms with E-state index in [1.807, 2.05) is 0 Å². The number of amides is 3. The number of nitrogens with two attached hydrogens (primary N) is 1. The van der Waals surface area contributed by atoms with Crippen molar-refractivity contribution in [3.63, 3.8) is 0 Å². The van der Waals surface area contributed by atoms with Gasteiger partial charge in [0.25, 0.3) is 23.4 Å². The zero-order valence-electron chi connectivity index (χ0n) is 24.2. The Morgan fingerprint density at radius 3 is 2.62 bits per heavy atom. The van der Waals surface area contributed by atoms with Crippen molar-refractivity contribution in [2.45, 2.75) is 13.8 Å². The molecule has 4 aromatic rings. The minimum Gasteiger partial charge on any atom is -0.397 e. The molecule has 0 saturated heterocycles. The number of nitrogens with zero attached hydrogens (tertiary/aromatic N) is 4. The van der Waals surface area contributed by atoms with E-state index in [2.05, 4.69) is 41.4 Å². The summed E-state index contributed by atoms with van der Waals surface area (Å²) >= 11 is 0. The maximum Gasteiger partial charge on any atom is 0.276 e. The van der Waals surface area contributed by atoms with Crippen LogP contribution in [0.2, 0.25) is 0 Å². The number of nitro groups is 1. The van der Waals surface area contributed by atoms with Gasteiger partial charge in [0.15, 0.2) is 5.71 Å². The molecule has 5 rings (SSSR count). The molecule has 2 aromatic heterocycles. The van der Waals surface area contributed by atoms with E-state index < -0.39 is 10.8 Å². The number of aromatic amines is 1. The van der Waals surface area contributed by atoms with Crippen LogP contribution in [-0.2, 0) is 4.79 Å². The number of aryl methyl sites for hydroxylation is 1. The lowest BCUT2D eigenvalue weighted by molar-refractivity contribution is -0.384. The minimum absolute atomic E-state index is 0.0545. The molecule has 45 heavy (non-hydrogen) atoms.